The van der Waals surface area contributed by atoms with Crippen molar-refractivity contribution in [2.24, 2.45) is 0 Å². The molecule has 0 aliphatic rings. The lowest BCUT2D eigenvalue weighted by Gasteiger charge is -2.32. The summed E-state index contributed by atoms with van der Waals surface area (Å²) in [5, 5.41) is -3.39. The average Bonchev–Trinajstić information content (AvgIpc) is 2.13. The molecule has 12 heteroatoms. The first-order valence-corrected chi connectivity index (χ1v) is 3.90. The first-order chi connectivity index (χ1) is 7.60. The van der Waals surface area contributed by atoms with Crippen LogP contribution in [-0.4, -0.2) is 23.9 Å². The molecule has 0 aliphatic carbocycles. The number of hydrogen-bond donors (Lipinski definition) is 0. The van der Waals surface area contributed by atoms with Gasteiger partial charge in [0.1, 0.15) is 0 Å². The predicted molar refractivity (Wildman–Crippen MR) is 36.0 cm³/mol. The fourth-order valence-electron chi connectivity index (χ4n) is 0.632. The van der Waals surface area contributed by atoms with E-state index in [4.69, 9.17) is 0 Å². The highest BCUT2D eigenvalue weighted by molar-refractivity contribution is 6.30. The van der Waals surface area contributed by atoms with Gasteiger partial charge in [0.2, 0.25) is 0 Å². The molecule has 108 valence electrons. The zero-order valence-electron chi connectivity index (χ0n) is 7.54. The second-order valence-electron chi connectivity index (χ2n) is 2.80. The molecule has 0 aromatic heterocycles. The molecule has 0 nitrogen and oxygen atoms in total. The van der Waals surface area contributed by atoms with Crippen molar-refractivity contribution in [3.8, 4) is 0 Å². The van der Waals surface area contributed by atoms with Crippen LogP contribution in [0, 0.1) is 0 Å². The minimum absolute atomic E-state index is 3.39. The molecule has 0 aromatic carbocycles. The van der Waals surface area contributed by atoms with Crippen LogP contribution in [0.3, 0.4) is 0 Å². The van der Waals surface area contributed by atoms with Crippen molar-refractivity contribution < 1.29 is 48.3 Å². The van der Waals surface area contributed by atoms with E-state index in [1.807, 2.05) is 0 Å². The van der Waals surface area contributed by atoms with Gasteiger partial charge in [0.05, 0.1) is 0 Å². The van der Waals surface area contributed by atoms with Gasteiger partial charge in [0, 0.05) is 0 Å². The van der Waals surface area contributed by atoms with Gasteiger partial charge in [-0.2, -0.15) is 48.3 Å². The molecule has 0 saturated heterocycles. The van der Waals surface area contributed by atoms with Gasteiger partial charge in [-0.3, -0.25) is 0 Å². The Bertz CT molecular complexity index is 347. The maximum absolute atomic E-state index is 12.5. The highest BCUT2D eigenvalue weighted by atomic mass is 35.5. The van der Waals surface area contributed by atoms with E-state index in [0.29, 0.717) is 0 Å². The maximum atomic E-state index is 12.5. The van der Waals surface area contributed by atoms with E-state index >= 15 is 0 Å². The summed E-state index contributed by atoms with van der Waals surface area (Å²) >= 11 is 3.95. The van der Waals surface area contributed by atoms with E-state index in [0.717, 1.165) is 0 Å². The van der Waals surface area contributed by atoms with Crippen molar-refractivity contribution in [2.45, 2.75) is 23.9 Å². The Labute approximate surface area is 96.0 Å². The standard InChI is InChI=1S/C6ClF11/c7-1(2(8)9)3(10,11)4(12,13)5(14,15)6(16,17)18. The summed E-state index contributed by atoms with van der Waals surface area (Å²) in [5.74, 6) is -21.0. The summed E-state index contributed by atoms with van der Waals surface area (Å²) in [7, 11) is 0. The molecular weight excluding hydrogens is 316 g/mol. The van der Waals surface area contributed by atoms with Gasteiger partial charge in [-0.15, -0.1) is 0 Å². The summed E-state index contributed by atoms with van der Waals surface area (Å²) < 4.78 is 132. The quantitative estimate of drug-likeness (QED) is 0.656. The monoisotopic (exact) mass is 316 g/mol. The molecule has 18 heavy (non-hydrogen) atoms. The van der Waals surface area contributed by atoms with Gasteiger partial charge in [0.15, 0.2) is 5.03 Å². The van der Waals surface area contributed by atoms with Crippen LogP contribution in [0.15, 0.2) is 11.1 Å². The smallest absolute Gasteiger partial charge is 0.193 e. The van der Waals surface area contributed by atoms with E-state index in [-0.39, 0.29) is 0 Å². The topological polar surface area (TPSA) is 0 Å². The molecule has 0 spiro atoms. The van der Waals surface area contributed by atoms with E-state index in [2.05, 4.69) is 11.6 Å². The number of rotatable bonds is 3. The van der Waals surface area contributed by atoms with Gasteiger partial charge < -0.3 is 0 Å². The van der Waals surface area contributed by atoms with Crippen molar-refractivity contribution in [1.29, 1.82) is 0 Å². The number of hydrogen-bond acceptors (Lipinski definition) is 0. The highest BCUT2D eigenvalue weighted by Crippen LogP contribution is 2.56. The lowest BCUT2D eigenvalue weighted by atomic mass is 10.0. The van der Waals surface area contributed by atoms with Gasteiger partial charge >= 0.3 is 23.9 Å². The molecule has 0 saturated carbocycles. The summed E-state index contributed by atoms with van der Waals surface area (Å²) in [6.45, 7) is 0. The van der Waals surface area contributed by atoms with Crippen molar-refractivity contribution in [3.63, 3.8) is 0 Å². The molecule has 0 heterocycles. The van der Waals surface area contributed by atoms with Crippen LogP contribution in [0.5, 0.6) is 0 Å². The van der Waals surface area contributed by atoms with Crippen LogP contribution >= 0.6 is 11.6 Å². The molecule has 0 bridgehead atoms. The van der Waals surface area contributed by atoms with Gasteiger partial charge in [-0.25, -0.2) is 0 Å². The third-order valence-corrected chi connectivity index (χ3v) is 1.97. The van der Waals surface area contributed by atoms with Crippen LogP contribution in [0.1, 0.15) is 0 Å². The molecule has 0 amide bonds. The second-order valence-corrected chi connectivity index (χ2v) is 3.17. The third-order valence-electron chi connectivity index (χ3n) is 1.59. The van der Waals surface area contributed by atoms with E-state index in [9.17, 15) is 48.3 Å². The molecule has 0 radical (unpaired) electrons. The summed E-state index contributed by atoms with van der Waals surface area (Å²) in [5.41, 5.74) is 0. The van der Waals surface area contributed by atoms with Crippen LogP contribution in [0.4, 0.5) is 48.3 Å². The van der Waals surface area contributed by atoms with Crippen molar-refractivity contribution in [1.82, 2.24) is 0 Å². The number of allylic oxidation sites excluding steroid dienone is 1. The van der Waals surface area contributed by atoms with Crippen LogP contribution < -0.4 is 0 Å². The minimum Gasteiger partial charge on any atom is -0.193 e. The van der Waals surface area contributed by atoms with Gasteiger partial charge in [-0.05, 0) is 0 Å². The third kappa shape index (κ3) is 2.36. The number of halogens is 12. The Morgan fingerprint density at radius 2 is 1.00 bits per heavy atom. The minimum atomic E-state index is -7.25. The van der Waals surface area contributed by atoms with Gasteiger partial charge in [-0.1, -0.05) is 11.6 Å². The zero-order valence-corrected chi connectivity index (χ0v) is 8.29. The number of alkyl halides is 9. The van der Waals surface area contributed by atoms with E-state index < -0.39 is 35.1 Å². The Morgan fingerprint density at radius 1 is 0.667 bits per heavy atom. The molecule has 0 rings (SSSR count). The fraction of sp³-hybridized carbons (Fsp3) is 0.667. The average molecular weight is 316 g/mol. The Morgan fingerprint density at radius 3 is 1.22 bits per heavy atom. The summed E-state index contributed by atoms with van der Waals surface area (Å²) in [6.07, 6.45) is -10.8. The Hall–Kier alpha value is -0.740. The molecular formula is C6ClF11. The molecule has 0 aromatic rings. The van der Waals surface area contributed by atoms with Crippen molar-refractivity contribution in [2.75, 3.05) is 0 Å². The normalized spacial score (nSPS) is 14.7. The first kappa shape index (κ1) is 17.3. The molecule has 0 atom stereocenters. The van der Waals surface area contributed by atoms with Crippen LogP contribution in [0.25, 0.3) is 0 Å². The van der Waals surface area contributed by atoms with Crippen molar-refractivity contribution >= 4 is 11.6 Å². The largest absolute Gasteiger partial charge is 0.460 e. The van der Waals surface area contributed by atoms with Crippen LogP contribution in [0.2, 0.25) is 0 Å². The molecule has 0 fully saturated rings. The predicted octanol–water partition coefficient (Wildman–Crippen LogP) is 4.80. The second kappa shape index (κ2) is 4.42. The van der Waals surface area contributed by atoms with E-state index in [1.54, 1.807) is 0 Å². The lowest BCUT2D eigenvalue weighted by molar-refractivity contribution is -0.389. The SMILES string of the molecule is FC(F)=C(Cl)C(F)(F)C(F)(F)C(F)(F)C(F)(F)F. The zero-order chi connectivity index (χ0) is 15.2. The molecule has 0 unspecified atom stereocenters. The summed E-state index contributed by atoms with van der Waals surface area (Å²) in [4.78, 5) is 0. The van der Waals surface area contributed by atoms with E-state index in [1.165, 1.54) is 0 Å². The highest BCUT2D eigenvalue weighted by Gasteiger charge is 2.82. The summed E-state index contributed by atoms with van der Waals surface area (Å²) in [6, 6.07) is 0. The molecule has 0 N–H and O–H groups in total. The van der Waals surface area contributed by atoms with Crippen LogP contribution in [-0.2, 0) is 0 Å². The lowest BCUT2D eigenvalue weighted by Crippen LogP contribution is -2.61. The Kier molecular flexibility index (Phi) is 4.24. The fourth-order valence-corrected chi connectivity index (χ4v) is 0.750. The Balaban J connectivity index is 5.88. The maximum Gasteiger partial charge on any atom is 0.460 e. The van der Waals surface area contributed by atoms with Gasteiger partial charge in [0.25, 0.3) is 6.08 Å². The van der Waals surface area contributed by atoms with Crippen molar-refractivity contribution in [3.05, 3.63) is 11.1 Å². The molecule has 0 aliphatic heterocycles. The first-order valence-electron chi connectivity index (χ1n) is 3.52.